The largest absolute Gasteiger partial charge is 0.384 e. The average Bonchev–Trinajstić information content (AvgIpc) is 3.19. The molecule has 0 saturated carbocycles. The van der Waals surface area contributed by atoms with Gasteiger partial charge in [-0.2, -0.15) is 0 Å². The predicted molar refractivity (Wildman–Crippen MR) is 98.1 cm³/mol. The van der Waals surface area contributed by atoms with Gasteiger partial charge in [-0.25, -0.2) is 14.4 Å². The van der Waals surface area contributed by atoms with E-state index in [9.17, 15) is 4.39 Å². The maximum absolute atomic E-state index is 13.2. The van der Waals surface area contributed by atoms with E-state index in [0.717, 1.165) is 62.3 Å². The summed E-state index contributed by atoms with van der Waals surface area (Å²) in [6, 6.07) is 0. The Morgan fingerprint density at radius 2 is 2.16 bits per heavy atom. The van der Waals surface area contributed by atoms with Crippen LogP contribution < -0.4 is 5.73 Å². The Bertz CT molecular complexity index is 620. The zero-order chi connectivity index (χ0) is 17.6. The number of ether oxygens (including phenoxy) is 1. The van der Waals surface area contributed by atoms with Crippen LogP contribution in [-0.4, -0.2) is 54.4 Å². The minimum atomic E-state index is -0.613. The Morgan fingerprint density at radius 1 is 1.28 bits per heavy atom. The van der Waals surface area contributed by atoms with Crippen molar-refractivity contribution >= 4 is 11.4 Å². The summed E-state index contributed by atoms with van der Waals surface area (Å²) < 4.78 is 18.3. The summed E-state index contributed by atoms with van der Waals surface area (Å²) in [4.78, 5) is 11.3. The molecule has 2 N–H and O–H groups in total. The molecular formula is C19H29FN4O. The van der Waals surface area contributed by atoms with Crippen LogP contribution >= 0.6 is 0 Å². The van der Waals surface area contributed by atoms with E-state index in [0.29, 0.717) is 31.8 Å². The minimum Gasteiger partial charge on any atom is -0.384 e. The maximum Gasteiger partial charge on any atom is 0.133 e. The molecule has 1 aromatic rings. The van der Waals surface area contributed by atoms with Gasteiger partial charge in [-0.15, -0.1) is 0 Å². The van der Waals surface area contributed by atoms with Crippen molar-refractivity contribution in [3.05, 3.63) is 23.2 Å². The lowest BCUT2D eigenvalue weighted by Crippen LogP contribution is -2.22. The molecule has 1 aromatic heterocycles. The molecule has 5 nitrogen and oxygen atoms in total. The Balaban J connectivity index is 1.46. The number of allylic oxidation sites excluding steroid dienone is 2. The molecule has 2 aliphatic rings. The molecule has 0 aromatic carbocycles. The van der Waals surface area contributed by atoms with Crippen LogP contribution in [0, 0.1) is 0 Å². The van der Waals surface area contributed by atoms with E-state index < -0.39 is 6.17 Å². The Morgan fingerprint density at radius 3 is 2.92 bits per heavy atom. The smallest absolute Gasteiger partial charge is 0.133 e. The number of likely N-dealkylation sites (tertiary alicyclic amines) is 1. The van der Waals surface area contributed by atoms with E-state index >= 15 is 0 Å². The standard InChI is InChI=1S/C19H29FN4O/c1-25-12-9-17-22-18-14(6-7-16(18)19(21)23-17)5-3-2-4-10-24-11-8-15(20)13-24/h6,15H,2-5,7-13H2,1H3,(H2,21,22,23)/t15-/m0/s1. The fraction of sp³-hybridized carbons (Fsp3) is 0.684. The molecule has 1 aliphatic carbocycles. The van der Waals surface area contributed by atoms with Crippen LogP contribution in [0.3, 0.4) is 0 Å². The highest BCUT2D eigenvalue weighted by atomic mass is 19.1. The van der Waals surface area contributed by atoms with Gasteiger partial charge in [-0.05, 0) is 44.2 Å². The number of nitrogen functional groups attached to an aromatic ring is 1. The van der Waals surface area contributed by atoms with Crippen LogP contribution in [0.5, 0.6) is 0 Å². The molecule has 0 spiro atoms. The number of rotatable bonds is 9. The topological polar surface area (TPSA) is 64.3 Å². The van der Waals surface area contributed by atoms with Gasteiger partial charge in [0.05, 0.1) is 12.3 Å². The lowest BCUT2D eigenvalue weighted by atomic mass is 10.1. The summed E-state index contributed by atoms with van der Waals surface area (Å²) in [6.45, 7) is 3.17. The molecule has 1 aliphatic heterocycles. The number of anilines is 1. The summed E-state index contributed by atoms with van der Waals surface area (Å²) in [6.07, 6.45) is 8.32. The van der Waals surface area contributed by atoms with Gasteiger partial charge in [0.1, 0.15) is 17.8 Å². The molecule has 25 heavy (non-hydrogen) atoms. The summed E-state index contributed by atoms with van der Waals surface area (Å²) in [5.74, 6) is 1.37. The monoisotopic (exact) mass is 348 g/mol. The molecule has 2 heterocycles. The summed E-state index contributed by atoms with van der Waals surface area (Å²) in [7, 11) is 1.68. The van der Waals surface area contributed by atoms with Gasteiger partial charge in [0, 0.05) is 32.2 Å². The molecule has 0 unspecified atom stereocenters. The molecule has 1 saturated heterocycles. The van der Waals surface area contributed by atoms with Crippen LogP contribution in [0.25, 0.3) is 5.57 Å². The fourth-order valence-corrected chi connectivity index (χ4v) is 3.68. The first-order valence-corrected chi connectivity index (χ1v) is 9.37. The van der Waals surface area contributed by atoms with Crippen LogP contribution in [0.1, 0.15) is 49.2 Å². The van der Waals surface area contributed by atoms with Crippen LogP contribution in [-0.2, 0) is 17.6 Å². The van der Waals surface area contributed by atoms with Crippen molar-refractivity contribution in [2.24, 2.45) is 0 Å². The van der Waals surface area contributed by atoms with Gasteiger partial charge in [0.25, 0.3) is 0 Å². The quantitative estimate of drug-likeness (QED) is 0.695. The van der Waals surface area contributed by atoms with Crippen molar-refractivity contribution in [3.63, 3.8) is 0 Å². The molecule has 0 radical (unpaired) electrons. The summed E-state index contributed by atoms with van der Waals surface area (Å²) in [5, 5.41) is 0. The van der Waals surface area contributed by atoms with Crippen molar-refractivity contribution in [1.29, 1.82) is 0 Å². The van der Waals surface area contributed by atoms with Crippen LogP contribution in [0.2, 0.25) is 0 Å². The van der Waals surface area contributed by atoms with Crippen LogP contribution in [0.15, 0.2) is 6.08 Å². The lowest BCUT2D eigenvalue weighted by molar-refractivity contribution is 0.200. The van der Waals surface area contributed by atoms with E-state index in [2.05, 4.69) is 16.0 Å². The third-order valence-electron chi connectivity index (χ3n) is 5.11. The molecule has 138 valence electrons. The third-order valence-corrected chi connectivity index (χ3v) is 5.11. The number of methoxy groups -OCH3 is 1. The number of nitrogens with zero attached hydrogens (tertiary/aromatic N) is 3. The maximum atomic E-state index is 13.2. The highest BCUT2D eigenvalue weighted by Gasteiger charge is 2.22. The first kappa shape index (κ1) is 18.3. The Kier molecular flexibility index (Phi) is 6.37. The molecule has 0 amide bonds. The highest BCUT2D eigenvalue weighted by Crippen LogP contribution is 2.32. The van der Waals surface area contributed by atoms with Crippen molar-refractivity contribution in [3.8, 4) is 0 Å². The van der Waals surface area contributed by atoms with E-state index in [1.807, 2.05) is 0 Å². The zero-order valence-corrected chi connectivity index (χ0v) is 15.1. The highest BCUT2D eigenvalue weighted by molar-refractivity contribution is 5.73. The number of aromatic nitrogens is 2. The molecular weight excluding hydrogens is 319 g/mol. The molecule has 0 bridgehead atoms. The number of nitrogens with two attached hydrogens (primary N) is 1. The normalized spacial score (nSPS) is 20.1. The van der Waals surface area contributed by atoms with E-state index in [-0.39, 0.29) is 0 Å². The zero-order valence-electron chi connectivity index (χ0n) is 15.1. The van der Waals surface area contributed by atoms with E-state index in [4.69, 9.17) is 15.5 Å². The Labute approximate surface area is 149 Å². The van der Waals surface area contributed by atoms with Crippen molar-refractivity contribution in [2.45, 2.75) is 51.1 Å². The minimum absolute atomic E-state index is 0.605. The summed E-state index contributed by atoms with van der Waals surface area (Å²) >= 11 is 0. The first-order valence-electron chi connectivity index (χ1n) is 9.37. The van der Waals surface area contributed by atoms with Crippen molar-refractivity contribution in [2.75, 3.05) is 39.1 Å². The first-order chi connectivity index (χ1) is 12.2. The van der Waals surface area contributed by atoms with Gasteiger partial charge < -0.3 is 15.4 Å². The van der Waals surface area contributed by atoms with Gasteiger partial charge >= 0.3 is 0 Å². The molecule has 3 rings (SSSR count). The summed E-state index contributed by atoms with van der Waals surface area (Å²) in [5.41, 5.74) is 9.51. The number of hydrogen-bond acceptors (Lipinski definition) is 5. The predicted octanol–water partition coefficient (Wildman–Crippen LogP) is 2.79. The van der Waals surface area contributed by atoms with Crippen molar-refractivity contribution in [1.82, 2.24) is 14.9 Å². The number of unbranched alkanes of at least 4 members (excludes halogenated alkanes) is 2. The molecule has 1 fully saturated rings. The number of halogens is 1. The van der Waals surface area contributed by atoms with Gasteiger partial charge in [0.15, 0.2) is 0 Å². The van der Waals surface area contributed by atoms with Gasteiger partial charge in [-0.3, -0.25) is 0 Å². The number of alkyl halides is 1. The molecule has 1 atom stereocenters. The van der Waals surface area contributed by atoms with E-state index in [1.54, 1.807) is 7.11 Å². The Hall–Kier alpha value is -1.53. The second-order valence-corrected chi connectivity index (χ2v) is 7.03. The second-order valence-electron chi connectivity index (χ2n) is 7.03. The fourth-order valence-electron chi connectivity index (χ4n) is 3.68. The van der Waals surface area contributed by atoms with Crippen molar-refractivity contribution < 1.29 is 9.13 Å². The number of fused-ring (bicyclic) bond motifs is 1. The average molecular weight is 348 g/mol. The lowest BCUT2D eigenvalue weighted by Gasteiger charge is -2.14. The van der Waals surface area contributed by atoms with E-state index in [1.165, 1.54) is 5.57 Å². The molecule has 6 heteroatoms. The number of hydrogen-bond donors (Lipinski definition) is 1. The third kappa shape index (κ3) is 4.76. The van der Waals surface area contributed by atoms with Gasteiger partial charge in [0.2, 0.25) is 0 Å². The van der Waals surface area contributed by atoms with Gasteiger partial charge in [-0.1, -0.05) is 12.5 Å². The SMILES string of the molecule is COCCc1nc(N)c2c(n1)C(CCCCCN1CC[C@H](F)C1)=CC2. The van der Waals surface area contributed by atoms with Crippen LogP contribution in [0.4, 0.5) is 10.2 Å². The second kappa shape index (κ2) is 8.72.